The number of rotatable bonds is 5. The Morgan fingerprint density at radius 3 is 2.78 bits per heavy atom. The zero-order chi connectivity index (χ0) is 13.7. The fourth-order valence-electron chi connectivity index (χ4n) is 1.49. The van der Waals surface area contributed by atoms with Crippen molar-refractivity contribution in [2.45, 2.75) is 19.4 Å². The maximum absolute atomic E-state index is 11.4. The van der Waals surface area contributed by atoms with Crippen molar-refractivity contribution in [3.8, 4) is 11.5 Å². The SMILES string of the molecule is CCOC(=O)C(N)Cc1cc(I)c(O)c(OC)c1. The van der Waals surface area contributed by atoms with Crippen LogP contribution in [0.15, 0.2) is 12.1 Å². The highest BCUT2D eigenvalue weighted by atomic mass is 127. The minimum atomic E-state index is -0.713. The number of phenolic OH excluding ortho intramolecular Hbond substituents is 1. The molecule has 3 N–H and O–H groups in total. The Labute approximate surface area is 119 Å². The Bertz CT molecular complexity index is 436. The molecule has 100 valence electrons. The Morgan fingerprint density at radius 1 is 1.56 bits per heavy atom. The zero-order valence-electron chi connectivity index (χ0n) is 10.3. The lowest BCUT2D eigenvalue weighted by atomic mass is 10.1. The molecule has 0 saturated heterocycles. The summed E-state index contributed by atoms with van der Waals surface area (Å²) in [6.45, 7) is 2.04. The van der Waals surface area contributed by atoms with Crippen LogP contribution in [-0.4, -0.2) is 30.8 Å². The van der Waals surface area contributed by atoms with Crippen molar-refractivity contribution in [3.05, 3.63) is 21.3 Å². The third-order valence-corrected chi connectivity index (χ3v) is 3.18. The number of carbonyl (C=O) groups excluding carboxylic acids is 1. The Balaban J connectivity index is 2.85. The summed E-state index contributed by atoms with van der Waals surface area (Å²) in [6.07, 6.45) is 0.339. The molecule has 18 heavy (non-hydrogen) atoms. The van der Waals surface area contributed by atoms with Gasteiger partial charge in [-0.05, 0) is 53.6 Å². The fourth-order valence-corrected chi connectivity index (χ4v) is 2.15. The topological polar surface area (TPSA) is 81.8 Å². The number of hydrogen-bond acceptors (Lipinski definition) is 5. The van der Waals surface area contributed by atoms with Crippen molar-refractivity contribution >= 4 is 28.6 Å². The second kappa shape index (κ2) is 6.79. The molecule has 1 aromatic rings. The van der Waals surface area contributed by atoms with Crippen molar-refractivity contribution < 1.29 is 19.4 Å². The first-order valence-electron chi connectivity index (χ1n) is 5.47. The molecule has 0 aliphatic heterocycles. The lowest BCUT2D eigenvalue weighted by Crippen LogP contribution is -2.34. The summed E-state index contributed by atoms with van der Waals surface area (Å²) in [5, 5.41) is 9.69. The number of carbonyl (C=O) groups is 1. The molecule has 0 radical (unpaired) electrons. The van der Waals surface area contributed by atoms with E-state index in [0.29, 0.717) is 22.3 Å². The van der Waals surface area contributed by atoms with Gasteiger partial charge in [0.2, 0.25) is 0 Å². The van der Waals surface area contributed by atoms with Crippen LogP contribution < -0.4 is 10.5 Å². The second-order valence-corrected chi connectivity index (χ2v) is 4.85. The van der Waals surface area contributed by atoms with E-state index in [0.717, 1.165) is 5.56 Å². The summed E-state index contributed by atoms with van der Waals surface area (Å²) >= 11 is 1.99. The van der Waals surface area contributed by atoms with Crippen LogP contribution in [0.1, 0.15) is 12.5 Å². The molecule has 0 aromatic heterocycles. The van der Waals surface area contributed by atoms with Gasteiger partial charge in [-0.25, -0.2) is 0 Å². The van der Waals surface area contributed by atoms with Crippen molar-refractivity contribution in [2.24, 2.45) is 5.73 Å². The van der Waals surface area contributed by atoms with E-state index in [4.69, 9.17) is 15.2 Å². The molecule has 1 atom stereocenters. The number of halogens is 1. The lowest BCUT2D eigenvalue weighted by Gasteiger charge is -2.13. The summed E-state index contributed by atoms with van der Waals surface area (Å²) in [4.78, 5) is 11.4. The van der Waals surface area contributed by atoms with Gasteiger partial charge in [0, 0.05) is 0 Å². The number of methoxy groups -OCH3 is 1. The van der Waals surface area contributed by atoms with E-state index in [2.05, 4.69) is 0 Å². The van der Waals surface area contributed by atoms with Crippen LogP contribution in [0.3, 0.4) is 0 Å². The normalized spacial score (nSPS) is 12.0. The number of aromatic hydroxyl groups is 1. The standard InChI is InChI=1S/C12H16INO4/c1-3-18-12(16)9(14)5-7-4-8(13)11(15)10(6-7)17-2/h4,6,9,15H,3,5,14H2,1-2H3. The number of nitrogens with two attached hydrogens (primary N) is 1. The van der Waals surface area contributed by atoms with Crippen molar-refractivity contribution in [3.63, 3.8) is 0 Å². The predicted molar refractivity (Wildman–Crippen MR) is 75.7 cm³/mol. The first-order valence-corrected chi connectivity index (χ1v) is 6.55. The number of esters is 1. The van der Waals surface area contributed by atoms with Crippen molar-refractivity contribution in [1.82, 2.24) is 0 Å². The molecular formula is C12H16INO4. The minimum absolute atomic E-state index is 0.0894. The van der Waals surface area contributed by atoms with Crippen LogP contribution in [0.5, 0.6) is 11.5 Å². The predicted octanol–water partition coefficient (Wildman–Crippen LogP) is 1.44. The van der Waals surface area contributed by atoms with E-state index >= 15 is 0 Å². The van der Waals surface area contributed by atoms with Gasteiger partial charge in [-0.3, -0.25) is 4.79 Å². The molecule has 0 aliphatic carbocycles. The van der Waals surface area contributed by atoms with Crippen LogP contribution in [0, 0.1) is 3.57 Å². The molecule has 0 spiro atoms. The van der Waals surface area contributed by atoms with Crippen LogP contribution in [0.25, 0.3) is 0 Å². The molecule has 0 fully saturated rings. The fraction of sp³-hybridized carbons (Fsp3) is 0.417. The van der Waals surface area contributed by atoms with Crippen LogP contribution >= 0.6 is 22.6 Å². The smallest absolute Gasteiger partial charge is 0.323 e. The quantitative estimate of drug-likeness (QED) is 0.610. The largest absolute Gasteiger partial charge is 0.504 e. The molecule has 0 saturated carbocycles. The number of benzene rings is 1. The van der Waals surface area contributed by atoms with Gasteiger partial charge in [-0.15, -0.1) is 0 Å². The van der Waals surface area contributed by atoms with Crippen LogP contribution in [0.2, 0.25) is 0 Å². The van der Waals surface area contributed by atoms with Crippen molar-refractivity contribution in [1.29, 1.82) is 0 Å². The first-order chi connectivity index (χ1) is 8.49. The summed E-state index contributed by atoms with van der Waals surface area (Å²) in [5.74, 6) is 0.0269. The molecule has 0 heterocycles. The van der Waals surface area contributed by atoms with E-state index in [1.165, 1.54) is 7.11 Å². The molecule has 6 heteroatoms. The van der Waals surface area contributed by atoms with Crippen molar-refractivity contribution in [2.75, 3.05) is 13.7 Å². The van der Waals surface area contributed by atoms with Gasteiger partial charge in [0.1, 0.15) is 6.04 Å². The molecule has 1 unspecified atom stereocenters. The zero-order valence-corrected chi connectivity index (χ0v) is 12.4. The van der Waals surface area contributed by atoms with Crippen LogP contribution in [0.4, 0.5) is 0 Å². The van der Waals surface area contributed by atoms with E-state index in [9.17, 15) is 9.90 Å². The van der Waals surface area contributed by atoms with Gasteiger partial charge in [0.05, 0.1) is 17.3 Å². The second-order valence-electron chi connectivity index (χ2n) is 3.69. The molecule has 0 aliphatic rings. The highest BCUT2D eigenvalue weighted by molar-refractivity contribution is 14.1. The van der Waals surface area contributed by atoms with Gasteiger partial charge < -0.3 is 20.3 Å². The number of hydrogen-bond donors (Lipinski definition) is 2. The molecule has 5 nitrogen and oxygen atoms in total. The van der Waals surface area contributed by atoms with Crippen LogP contribution in [-0.2, 0) is 16.0 Å². The molecule has 0 bridgehead atoms. The third kappa shape index (κ3) is 3.74. The minimum Gasteiger partial charge on any atom is -0.504 e. The molecule has 1 rings (SSSR count). The molecule has 1 aromatic carbocycles. The highest BCUT2D eigenvalue weighted by Gasteiger charge is 2.17. The number of phenols is 1. The maximum atomic E-state index is 11.4. The van der Waals surface area contributed by atoms with E-state index in [1.54, 1.807) is 19.1 Å². The van der Waals surface area contributed by atoms with Gasteiger partial charge in [0.25, 0.3) is 0 Å². The third-order valence-electron chi connectivity index (χ3n) is 2.35. The van der Waals surface area contributed by atoms with Gasteiger partial charge in [-0.1, -0.05) is 0 Å². The Morgan fingerprint density at radius 2 is 2.22 bits per heavy atom. The Hall–Kier alpha value is -1.02. The summed E-state index contributed by atoms with van der Waals surface area (Å²) < 4.78 is 10.5. The molecule has 0 amide bonds. The average molecular weight is 365 g/mol. The average Bonchev–Trinajstić information content (AvgIpc) is 2.33. The Kier molecular flexibility index (Phi) is 5.67. The van der Waals surface area contributed by atoms with Gasteiger partial charge in [-0.2, -0.15) is 0 Å². The van der Waals surface area contributed by atoms with Gasteiger partial charge in [0.15, 0.2) is 11.5 Å². The van der Waals surface area contributed by atoms with E-state index in [-0.39, 0.29) is 5.75 Å². The maximum Gasteiger partial charge on any atom is 0.323 e. The summed E-state index contributed by atoms with van der Waals surface area (Å²) in [5.41, 5.74) is 6.55. The van der Waals surface area contributed by atoms with E-state index in [1.807, 2.05) is 22.6 Å². The van der Waals surface area contributed by atoms with E-state index < -0.39 is 12.0 Å². The monoisotopic (exact) mass is 365 g/mol. The lowest BCUT2D eigenvalue weighted by molar-refractivity contribution is -0.144. The number of ether oxygens (including phenoxy) is 2. The first kappa shape index (κ1) is 15.0. The van der Waals surface area contributed by atoms with Gasteiger partial charge >= 0.3 is 5.97 Å². The summed E-state index contributed by atoms with van der Waals surface area (Å²) in [6, 6.07) is 2.71. The highest BCUT2D eigenvalue weighted by Crippen LogP contribution is 2.32. The summed E-state index contributed by atoms with van der Waals surface area (Å²) in [7, 11) is 1.47. The molecular weight excluding hydrogens is 349 g/mol.